The Morgan fingerprint density at radius 3 is 2.56 bits per heavy atom. The molecular weight excluding hydrogens is 251 g/mol. The lowest BCUT2D eigenvalue weighted by molar-refractivity contribution is -0.159. The van der Waals surface area contributed by atoms with Crippen LogP contribution in [0.25, 0.3) is 0 Å². The number of anilines is 1. The number of alkyl halides is 3. The number of hydrogen-bond acceptors (Lipinski definition) is 3. The van der Waals surface area contributed by atoms with Crippen LogP contribution in [0.3, 0.4) is 0 Å². The van der Waals surface area contributed by atoms with E-state index < -0.39 is 18.9 Å². The molecule has 0 bridgehead atoms. The van der Waals surface area contributed by atoms with E-state index in [-0.39, 0.29) is 0 Å². The Hall–Kier alpha value is -1.92. The fourth-order valence-electron chi connectivity index (χ4n) is 1.20. The van der Waals surface area contributed by atoms with E-state index >= 15 is 0 Å². The molecule has 0 radical (unpaired) electrons. The fraction of sp³-hybridized carbons (Fsp3) is 0.364. The lowest BCUT2D eigenvalue weighted by atomic mass is 10.2. The number of amides is 1. The van der Waals surface area contributed by atoms with Crippen molar-refractivity contribution in [3.05, 3.63) is 23.8 Å². The van der Waals surface area contributed by atoms with Gasteiger partial charge in [-0.05, 0) is 30.7 Å². The van der Waals surface area contributed by atoms with Gasteiger partial charge in [0.2, 0.25) is 0 Å². The van der Waals surface area contributed by atoms with Crippen LogP contribution in [0.5, 0.6) is 5.75 Å². The summed E-state index contributed by atoms with van der Waals surface area (Å²) < 4.78 is 44.4. The zero-order valence-electron chi connectivity index (χ0n) is 9.80. The van der Waals surface area contributed by atoms with Crippen LogP contribution < -0.4 is 10.1 Å². The van der Waals surface area contributed by atoms with Gasteiger partial charge in [-0.1, -0.05) is 0 Å². The highest BCUT2D eigenvalue weighted by atomic mass is 19.4. The second-order valence-electron chi connectivity index (χ2n) is 3.50. The monoisotopic (exact) mass is 263 g/mol. The van der Waals surface area contributed by atoms with Gasteiger partial charge in [0.1, 0.15) is 5.75 Å². The molecule has 0 fully saturated rings. The molecule has 0 aliphatic heterocycles. The van der Waals surface area contributed by atoms with Crippen LogP contribution in [0, 0.1) is 6.92 Å². The molecule has 0 heterocycles. The summed E-state index contributed by atoms with van der Waals surface area (Å²) in [7, 11) is 1.49. The summed E-state index contributed by atoms with van der Waals surface area (Å²) in [5.41, 5.74) is 1.02. The van der Waals surface area contributed by atoms with Gasteiger partial charge in [0, 0.05) is 5.69 Å². The molecule has 0 unspecified atom stereocenters. The molecule has 0 saturated carbocycles. The third-order valence-electron chi connectivity index (χ3n) is 2.04. The van der Waals surface area contributed by atoms with E-state index in [2.05, 4.69) is 10.1 Å². The van der Waals surface area contributed by atoms with Crippen LogP contribution in [0.15, 0.2) is 18.2 Å². The van der Waals surface area contributed by atoms with Crippen LogP contribution in [0.4, 0.5) is 23.7 Å². The summed E-state index contributed by atoms with van der Waals surface area (Å²) in [4.78, 5) is 11.1. The first-order chi connectivity index (χ1) is 8.31. The van der Waals surface area contributed by atoms with Crippen molar-refractivity contribution < 1.29 is 27.4 Å². The fourth-order valence-corrected chi connectivity index (χ4v) is 1.20. The van der Waals surface area contributed by atoms with Crippen molar-refractivity contribution in [2.24, 2.45) is 0 Å². The Labute approximate surface area is 102 Å². The first-order valence-corrected chi connectivity index (χ1v) is 4.97. The highest BCUT2D eigenvalue weighted by Crippen LogP contribution is 2.21. The number of carbonyl (C=O) groups excluding carboxylic acids is 1. The lowest BCUT2D eigenvalue weighted by Gasteiger charge is -2.11. The maximum Gasteiger partial charge on any atom is 0.422 e. The Morgan fingerprint density at radius 2 is 2.06 bits per heavy atom. The molecule has 18 heavy (non-hydrogen) atoms. The molecule has 1 N–H and O–H groups in total. The molecule has 0 saturated heterocycles. The Balaban J connectivity index is 2.59. The minimum absolute atomic E-state index is 0.364. The van der Waals surface area contributed by atoms with E-state index in [4.69, 9.17) is 4.74 Å². The van der Waals surface area contributed by atoms with E-state index in [0.29, 0.717) is 17.0 Å². The van der Waals surface area contributed by atoms with Crippen molar-refractivity contribution in [2.45, 2.75) is 13.1 Å². The normalized spacial score (nSPS) is 10.9. The number of halogens is 3. The lowest BCUT2D eigenvalue weighted by Crippen LogP contribution is -2.23. The molecule has 0 aliphatic rings. The van der Waals surface area contributed by atoms with Gasteiger partial charge in [0.15, 0.2) is 6.61 Å². The quantitative estimate of drug-likeness (QED) is 0.911. The van der Waals surface area contributed by atoms with E-state index in [1.165, 1.54) is 13.2 Å². The maximum atomic E-state index is 11.8. The van der Waals surface area contributed by atoms with Crippen molar-refractivity contribution in [1.29, 1.82) is 0 Å². The molecule has 0 aliphatic carbocycles. The van der Waals surface area contributed by atoms with Crippen LogP contribution in [0.1, 0.15) is 5.56 Å². The molecule has 4 nitrogen and oxygen atoms in total. The van der Waals surface area contributed by atoms with Crippen molar-refractivity contribution in [1.82, 2.24) is 0 Å². The number of carbonyl (C=O) groups is 1. The summed E-state index contributed by atoms with van der Waals surface area (Å²) in [5, 5.41) is 2.22. The standard InChI is InChI=1S/C11H12F3NO3/c1-7-5-8(17-2)3-4-9(7)15-10(16)18-6-11(12,13)14/h3-5H,6H2,1-2H3,(H,15,16). The molecule has 1 amide bonds. The minimum atomic E-state index is -4.54. The Morgan fingerprint density at radius 1 is 1.39 bits per heavy atom. The summed E-state index contributed by atoms with van der Waals surface area (Å²) in [6.45, 7) is 0.0654. The van der Waals surface area contributed by atoms with E-state index in [1.54, 1.807) is 19.1 Å². The predicted octanol–water partition coefficient (Wildman–Crippen LogP) is 3.11. The van der Waals surface area contributed by atoms with Gasteiger partial charge in [-0.15, -0.1) is 0 Å². The van der Waals surface area contributed by atoms with E-state index in [0.717, 1.165) is 0 Å². The van der Waals surface area contributed by atoms with Gasteiger partial charge in [-0.2, -0.15) is 13.2 Å². The van der Waals surface area contributed by atoms with Crippen molar-refractivity contribution in [3.8, 4) is 5.75 Å². The third-order valence-corrected chi connectivity index (χ3v) is 2.04. The van der Waals surface area contributed by atoms with Gasteiger partial charge >= 0.3 is 12.3 Å². The molecule has 1 aromatic carbocycles. The van der Waals surface area contributed by atoms with Crippen molar-refractivity contribution >= 4 is 11.8 Å². The highest BCUT2D eigenvalue weighted by molar-refractivity contribution is 5.85. The summed E-state index contributed by atoms with van der Waals surface area (Å²) >= 11 is 0. The number of hydrogen-bond donors (Lipinski definition) is 1. The summed E-state index contributed by atoms with van der Waals surface area (Å²) in [6, 6.07) is 4.73. The van der Waals surface area contributed by atoms with Gasteiger partial charge < -0.3 is 9.47 Å². The van der Waals surface area contributed by atoms with Crippen LogP contribution in [-0.4, -0.2) is 26.0 Å². The van der Waals surface area contributed by atoms with Crippen LogP contribution in [-0.2, 0) is 4.74 Å². The highest BCUT2D eigenvalue weighted by Gasteiger charge is 2.29. The predicted molar refractivity (Wildman–Crippen MR) is 58.8 cm³/mol. The zero-order valence-corrected chi connectivity index (χ0v) is 9.80. The molecule has 0 atom stereocenters. The first kappa shape index (κ1) is 14.1. The largest absolute Gasteiger partial charge is 0.497 e. The Kier molecular flexibility index (Phi) is 4.41. The maximum absolute atomic E-state index is 11.8. The van der Waals surface area contributed by atoms with E-state index in [1.807, 2.05) is 0 Å². The van der Waals surface area contributed by atoms with Gasteiger partial charge in [0.25, 0.3) is 0 Å². The van der Waals surface area contributed by atoms with Crippen molar-refractivity contribution in [2.75, 3.05) is 19.0 Å². The molecule has 100 valence electrons. The molecule has 1 rings (SSSR count). The first-order valence-electron chi connectivity index (χ1n) is 4.97. The number of nitrogens with one attached hydrogen (secondary N) is 1. The van der Waals surface area contributed by atoms with Crippen LogP contribution in [0.2, 0.25) is 0 Å². The number of ether oxygens (including phenoxy) is 2. The van der Waals surface area contributed by atoms with Gasteiger partial charge in [-0.25, -0.2) is 4.79 Å². The second kappa shape index (κ2) is 5.61. The molecule has 0 spiro atoms. The molecule has 7 heteroatoms. The third kappa shape index (κ3) is 4.52. The smallest absolute Gasteiger partial charge is 0.422 e. The number of methoxy groups -OCH3 is 1. The minimum Gasteiger partial charge on any atom is -0.497 e. The van der Waals surface area contributed by atoms with Gasteiger partial charge in [-0.3, -0.25) is 5.32 Å². The van der Waals surface area contributed by atoms with E-state index in [9.17, 15) is 18.0 Å². The molecular formula is C11H12F3NO3. The molecule has 1 aromatic rings. The Bertz CT molecular complexity index is 432. The van der Waals surface area contributed by atoms with Crippen LogP contribution >= 0.6 is 0 Å². The summed E-state index contributed by atoms with van der Waals surface area (Å²) in [5.74, 6) is 0.585. The SMILES string of the molecule is COc1ccc(NC(=O)OCC(F)(F)F)c(C)c1. The number of benzene rings is 1. The number of aryl methyl sites for hydroxylation is 1. The topological polar surface area (TPSA) is 47.6 Å². The van der Waals surface area contributed by atoms with Gasteiger partial charge in [0.05, 0.1) is 7.11 Å². The van der Waals surface area contributed by atoms with Crippen molar-refractivity contribution in [3.63, 3.8) is 0 Å². The summed E-state index contributed by atoms with van der Waals surface area (Å²) in [6.07, 6.45) is -5.69. The zero-order chi connectivity index (χ0) is 13.8. The second-order valence-corrected chi connectivity index (χ2v) is 3.50. The average Bonchev–Trinajstić information content (AvgIpc) is 2.28. The average molecular weight is 263 g/mol. The molecule has 0 aromatic heterocycles. The number of rotatable bonds is 3.